The molecule has 0 aliphatic rings. The van der Waals surface area contributed by atoms with E-state index >= 15 is 0 Å². The molecule has 63 valence electrons. The Morgan fingerprint density at radius 3 is 2.23 bits per heavy atom. The molecule has 1 rings (SSSR count). The summed E-state index contributed by atoms with van der Waals surface area (Å²) in [6.45, 7) is 0. The molecule has 0 amide bonds. The van der Waals surface area contributed by atoms with Gasteiger partial charge >= 0.3 is 84.4 Å². The molecule has 0 unspecified atom stereocenters. The molecule has 0 saturated heterocycles. The van der Waals surface area contributed by atoms with E-state index in [1.807, 2.05) is 0 Å². The Bertz CT molecular complexity index is 334. The first-order valence-electron chi connectivity index (χ1n) is 3.53. The number of anilines is 1. The van der Waals surface area contributed by atoms with Crippen LogP contribution in [0.5, 0.6) is 0 Å². The molecule has 0 heterocycles. The van der Waals surface area contributed by atoms with Crippen molar-refractivity contribution in [2.75, 3.05) is 5.73 Å². The van der Waals surface area contributed by atoms with Gasteiger partial charge in [-0.25, -0.2) is 0 Å². The number of carbonyl (C=O) groups excluding carboxylic acids is 2. The normalized spacial score (nSPS) is 9.38. The number of nitrogen functional groups attached to an aromatic ring is 1. The molecule has 0 aliphatic heterocycles. The van der Waals surface area contributed by atoms with Crippen LogP contribution < -0.4 is 5.73 Å². The Morgan fingerprint density at radius 1 is 1.23 bits per heavy atom. The van der Waals surface area contributed by atoms with Gasteiger partial charge in [-0.2, -0.15) is 0 Å². The molecule has 4 nitrogen and oxygen atoms in total. The summed E-state index contributed by atoms with van der Waals surface area (Å²) in [4.78, 5) is 21.6. The second kappa shape index (κ2) is 4.14. The first-order chi connectivity index (χ1) is 6.09. The molecular weight excluding hydrogens is 223 g/mol. The van der Waals surface area contributed by atoms with Crippen molar-refractivity contribution in [1.29, 1.82) is 0 Å². The first kappa shape index (κ1) is 9.87. The average Bonchev–Trinajstić information content (AvgIpc) is 2.04. The second-order valence-electron chi connectivity index (χ2n) is 2.38. The monoisotopic (exact) mass is 228 g/mol. The number of rotatable bonds is 1. The second-order valence-corrected chi connectivity index (χ2v) is 3.59. The molecule has 0 bridgehead atoms. The molecule has 1 aromatic rings. The van der Waals surface area contributed by atoms with E-state index < -0.39 is 10.5 Å². The van der Waals surface area contributed by atoms with Crippen molar-refractivity contribution in [3.05, 3.63) is 29.8 Å². The van der Waals surface area contributed by atoms with E-state index in [1.165, 1.54) is 12.1 Å². The van der Waals surface area contributed by atoms with Crippen LogP contribution in [0.15, 0.2) is 24.3 Å². The quantitative estimate of drug-likeness (QED) is 0.339. The summed E-state index contributed by atoms with van der Waals surface area (Å²) < 4.78 is 3.91. The summed E-state index contributed by atoms with van der Waals surface area (Å²) in [6.07, 6.45) is 0. The molecule has 0 spiro atoms. The van der Waals surface area contributed by atoms with Crippen molar-refractivity contribution in [2.45, 2.75) is 0 Å². The number of ether oxygens (including phenoxy) is 1. The molecule has 0 radical (unpaired) electrons. The van der Waals surface area contributed by atoms with Crippen LogP contribution >= 0.6 is 0 Å². The number of benzene rings is 1. The average molecular weight is 230 g/mol. The zero-order valence-electron chi connectivity index (χ0n) is 6.82. The van der Waals surface area contributed by atoms with Crippen molar-refractivity contribution in [3.63, 3.8) is 0 Å². The minimum absolute atomic E-state index is 0.306. The van der Waals surface area contributed by atoms with Gasteiger partial charge in [0.15, 0.2) is 0 Å². The van der Waals surface area contributed by atoms with E-state index in [4.69, 9.17) is 5.73 Å². The Labute approximate surface area is 84.7 Å². The van der Waals surface area contributed by atoms with E-state index in [2.05, 4.69) is 4.74 Å². The molecule has 2 N–H and O–H groups in total. The molecular formula is C8H6NO3Zn. The van der Waals surface area contributed by atoms with E-state index in [0.717, 1.165) is 0 Å². The Kier molecular flexibility index (Phi) is 3.15. The third-order valence-electron chi connectivity index (χ3n) is 1.35. The van der Waals surface area contributed by atoms with Gasteiger partial charge in [0.25, 0.3) is 0 Å². The van der Waals surface area contributed by atoms with E-state index in [1.54, 1.807) is 12.1 Å². The molecule has 1 aromatic carbocycles. The molecule has 0 atom stereocenters. The van der Waals surface area contributed by atoms with Crippen LogP contribution in [0.1, 0.15) is 10.4 Å². The molecule has 13 heavy (non-hydrogen) atoms. The van der Waals surface area contributed by atoms with Gasteiger partial charge in [0.2, 0.25) is 0 Å². The van der Waals surface area contributed by atoms with Gasteiger partial charge in [-0.1, -0.05) is 0 Å². The van der Waals surface area contributed by atoms with E-state index in [9.17, 15) is 9.59 Å². The maximum absolute atomic E-state index is 11.1. The number of nitrogens with two attached hydrogens (primary N) is 1. The summed E-state index contributed by atoms with van der Waals surface area (Å²) in [6, 6.07) is 6.18. The predicted octanol–water partition coefficient (Wildman–Crippen LogP) is 1.09. The molecule has 0 saturated carbocycles. The topological polar surface area (TPSA) is 69.4 Å². The minimum atomic E-state index is -0.628. The van der Waals surface area contributed by atoms with Gasteiger partial charge in [0.1, 0.15) is 0 Å². The first-order valence-corrected chi connectivity index (χ1v) is 5.01. The van der Waals surface area contributed by atoms with Gasteiger partial charge < -0.3 is 0 Å². The maximum atomic E-state index is 11.1. The summed E-state index contributed by atoms with van der Waals surface area (Å²) in [5.41, 5.74) is 6.31. The third kappa shape index (κ3) is 2.95. The van der Waals surface area contributed by atoms with Gasteiger partial charge in [-0.05, 0) is 0 Å². The van der Waals surface area contributed by atoms with Gasteiger partial charge in [-0.3, -0.25) is 0 Å². The van der Waals surface area contributed by atoms with Crippen LogP contribution in [0.2, 0.25) is 0 Å². The van der Waals surface area contributed by atoms with E-state index in [0.29, 0.717) is 29.6 Å². The van der Waals surface area contributed by atoms with Gasteiger partial charge in [-0.15, -0.1) is 0 Å². The van der Waals surface area contributed by atoms with Gasteiger partial charge in [0, 0.05) is 0 Å². The van der Waals surface area contributed by atoms with Crippen LogP contribution in [0, 0.1) is 0 Å². The van der Waals surface area contributed by atoms with Crippen molar-refractivity contribution in [1.82, 2.24) is 0 Å². The summed E-state index contributed by atoms with van der Waals surface area (Å²) in [7, 11) is 0. The zero-order chi connectivity index (χ0) is 9.84. The summed E-state index contributed by atoms with van der Waals surface area (Å²) >= 11 is 0.306. The molecule has 0 aliphatic carbocycles. The Hall–Kier alpha value is -1.22. The molecule has 5 heteroatoms. The number of esters is 1. The fraction of sp³-hybridized carbons (Fsp3) is 0. The van der Waals surface area contributed by atoms with Crippen LogP contribution in [0.4, 0.5) is 10.5 Å². The van der Waals surface area contributed by atoms with Crippen molar-refractivity contribution >= 4 is 16.2 Å². The number of hydrogen-bond donors (Lipinski definition) is 1. The number of hydrogen-bond acceptors (Lipinski definition) is 4. The predicted molar refractivity (Wildman–Crippen MR) is 41.7 cm³/mol. The van der Waals surface area contributed by atoms with Crippen LogP contribution in [-0.4, -0.2) is 10.5 Å². The van der Waals surface area contributed by atoms with Crippen LogP contribution in [0.25, 0.3) is 0 Å². The van der Waals surface area contributed by atoms with Crippen LogP contribution in [-0.2, 0) is 23.0 Å². The molecule has 0 fully saturated rings. The van der Waals surface area contributed by atoms with Crippen molar-refractivity contribution in [2.24, 2.45) is 0 Å². The summed E-state index contributed by atoms with van der Waals surface area (Å²) in [5, 5.41) is 0. The Morgan fingerprint density at radius 2 is 1.77 bits per heavy atom. The standard InChI is InChI=1S/C8H6NO3.Zn/c9-7-3-1-6(2-4-7)8(11)12-5-10;/h1-4H,9H2;. The zero-order valence-corrected chi connectivity index (χ0v) is 9.79. The Balaban J connectivity index is 2.78. The SMILES string of the molecule is Nc1ccc(C(=O)O[C](=O)[Zn])cc1. The fourth-order valence-electron chi connectivity index (χ4n) is 0.782. The van der Waals surface area contributed by atoms with Crippen molar-refractivity contribution < 1.29 is 32.6 Å². The summed E-state index contributed by atoms with van der Waals surface area (Å²) in [5.74, 6) is -0.628. The fourth-order valence-corrected chi connectivity index (χ4v) is 1.06. The van der Waals surface area contributed by atoms with Crippen molar-refractivity contribution in [3.8, 4) is 0 Å². The van der Waals surface area contributed by atoms with Gasteiger partial charge in [0.05, 0.1) is 0 Å². The van der Waals surface area contributed by atoms with Crippen LogP contribution in [0.3, 0.4) is 0 Å². The molecule has 0 aromatic heterocycles. The van der Waals surface area contributed by atoms with E-state index in [-0.39, 0.29) is 0 Å². The number of carbonyl (C=O) groups is 2. The third-order valence-corrected chi connectivity index (χ3v) is 1.66.